The largest absolute Gasteiger partial charge is 0.496 e. The molecule has 164 valence electrons. The van der Waals surface area contributed by atoms with Crippen LogP contribution in [0.2, 0.25) is 0 Å². The summed E-state index contributed by atoms with van der Waals surface area (Å²) >= 11 is 0. The molecule has 1 fully saturated rings. The quantitative estimate of drug-likeness (QED) is 0.712. The average molecular weight is 422 g/mol. The van der Waals surface area contributed by atoms with Gasteiger partial charge in [0.05, 0.1) is 19.6 Å². The van der Waals surface area contributed by atoms with Crippen LogP contribution in [0, 0.1) is 6.92 Å². The molecular weight excluding hydrogens is 390 g/mol. The van der Waals surface area contributed by atoms with Crippen molar-refractivity contribution in [3.05, 3.63) is 71.3 Å². The number of nitrogens with one attached hydrogen (secondary N) is 1. The Kier molecular flexibility index (Phi) is 7.84. The molecule has 1 unspecified atom stereocenters. The Morgan fingerprint density at radius 3 is 2.71 bits per heavy atom. The minimum Gasteiger partial charge on any atom is -0.496 e. The summed E-state index contributed by atoms with van der Waals surface area (Å²) < 4.78 is 5.38. The van der Waals surface area contributed by atoms with E-state index in [2.05, 4.69) is 10.2 Å². The summed E-state index contributed by atoms with van der Waals surface area (Å²) in [5.74, 6) is 0.676. The number of rotatable bonds is 8. The minimum absolute atomic E-state index is 0.0404. The van der Waals surface area contributed by atoms with Gasteiger partial charge in [-0.1, -0.05) is 60.2 Å². The van der Waals surface area contributed by atoms with Crippen molar-refractivity contribution >= 4 is 17.9 Å². The van der Waals surface area contributed by atoms with Gasteiger partial charge in [0, 0.05) is 38.8 Å². The van der Waals surface area contributed by atoms with Gasteiger partial charge in [-0.3, -0.25) is 14.5 Å². The van der Waals surface area contributed by atoms with Crippen LogP contribution in [-0.2, 0) is 16.1 Å². The van der Waals surface area contributed by atoms with Crippen molar-refractivity contribution in [3.63, 3.8) is 0 Å². The summed E-state index contributed by atoms with van der Waals surface area (Å²) in [6.07, 6.45) is 4.17. The van der Waals surface area contributed by atoms with E-state index in [0.29, 0.717) is 26.2 Å². The molecule has 2 aromatic carbocycles. The molecule has 0 saturated carbocycles. The van der Waals surface area contributed by atoms with Gasteiger partial charge in [-0.2, -0.15) is 0 Å². The number of benzene rings is 2. The van der Waals surface area contributed by atoms with Crippen molar-refractivity contribution in [1.29, 1.82) is 0 Å². The zero-order valence-electron chi connectivity index (χ0n) is 18.5. The molecule has 0 radical (unpaired) electrons. The van der Waals surface area contributed by atoms with Crippen molar-refractivity contribution in [3.8, 4) is 5.75 Å². The Hall–Kier alpha value is -3.12. The Bertz CT molecular complexity index is 924. The number of carbonyl (C=O) groups excluding carboxylic acids is 2. The van der Waals surface area contributed by atoms with E-state index in [1.165, 1.54) is 5.56 Å². The summed E-state index contributed by atoms with van der Waals surface area (Å²) in [6.45, 7) is 4.45. The van der Waals surface area contributed by atoms with Crippen molar-refractivity contribution in [1.82, 2.24) is 15.1 Å². The van der Waals surface area contributed by atoms with Crippen LogP contribution in [0.1, 0.15) is 23.1 Å². The number of hydrogen-bond donors (Lipinski definition) is 1. The van der Waals surface area contributed by atoms with E-state index in [4.69, 9.17) is 4.74 Å². The number of amides is 2. The highest BCUT2D eigenvalue weighted by molar-refractivity contribution is 5.88. The number of carbonyl (C=O) groups is 2. The standard InChI is InChI=1S/C25H31N3O3/c1-19-10-12-20(13-11-19)18-27(2)24(29)17-22-25(30)26-14-16-28(22)15-6-8-21-7-4-5-9-23(21)31-3/h4-13,22H,14-18H2,1-3H3,(H,26,30). The molecule has 6 nitrogen and oxygen atoms in total. The number of hydrogen-bond acceptors (Lipinski definition) is 4. The van der Waals surface area contributed by atoms with Gasteiger partial charge in [0.25, 0.3) is 0 Å². The first-order valence-corrected chi connectivity index (χ1v) is 10.6. The molecule has 1 aliphatic rings. The van der Waals surface area contributed by atoms with Gasteiger partial charge in [-0.05, 0) is 18.6 Å². The third-order valence-corrected chi connectivity index (χ3v) is 5.55. The Labute approximate surface area is 184 Å². The molecule has 1 aliphatic heterocycles. The van der Waals surface area contributed by atoms with Crippen molar-refractivity contribution < 1.29 is 14.3 Å². The predicted octanol–water partition coefficient (Wildman–Crippen LogP) is 2.87. The van der Waals surface area contributed by atoms with Crippen LogP contribution < -0.4 is 10.1 Å². The Morgan fingerprint density at radius 1 is 1.23 bits per heavy atom. The molecule has 0 aliphatic carbocycles. The van der Waals surface area contributed by atoms with E-state index >= 15 is 0 Å². The summed E-state index contributed by atoms with van der Waals surface area (Å²) in [5.41, 5.74) is 3.25. The fourth-order valence-electron chi connectivity index (χ4n) is 3.70. The number of aryl methyl sites for hydroxylation is 1. The highest BCUT2D eigenvalue weighted by Crippen LogP contribution is 2.19. The second-order valence-electron chi connectivity index (χ2n) is 7.89. The molecule has 2 amide bonds. The SMILES string of the molecule is COc1ccccc1C=CCN1CCNC(=O)C1CC(=O)N(C)Cc1ccc(C)cc1. The van der Waals surface area contributed by atoms with Crippen LogP contribution >= 0.6 is 0 Å². The van der Waals surface area contributed by atoms with E-state index in [0.717, 1.165) is 16.9 Å². The molecule has 2 aromatic rings. The summed E-state index contributed by atoms with van der Waals surface area (Å²) in [5, 5.41) is 2.89. The van der Waals surface area contributed by atoms with Gasteiger partial charge in [-0.15, -0.1) is 0 Å². The molecule has 3 rings (SSSR count). The van der Waals surface area contributed by atoms with Gasteiger partial charge < -0.3 is 15.0 Å². The zero-order chi connectivity index (χ0) is 22.2. The van der Waals surface area contributed by atoms with Gasteiger partial charge >= 0.3 is 0 Å². The first-order valence-electron chi connectivity index (χ1n) is 10.6. The lowest BCUT2D eigenvalue weighted by atomic mass is 10.1. The van der Waals surface area contributed by atoms with Gasteiger partial charge in [0.2, 0.25) is 11.8 Å². The molecular formula is C25H31N3O3. The van der Waals surface area contributed by atoms with Crippen LogP contribution in [0.5, 0.6) is 5.75 Å². The lowest BCUT2D eigenvalue weighted by molar-refractivity contribution is -0.138. The number of nitrogens with zero attached hydrogens (tertiary/aromatic N) is 2. The molecule has 31 heavy (non-hydrogen) atoms. The highest BCUT2D eigenvalue weighted by Gasteiger charge is 2.31. The van der Waals surface area contributed by atoms with Crippen LogP contribution in [0.3, 0.4) is 0 Å². The monoisotopic (exact) mass is 421 g/mol. The van der Waals surface area contributed by atoms with Gasteiger partial charge in [0.15, 0.2) is 0 Å². The van der Waals surface area contributed by atoms with E-state index in [9.17, 15) is 9.59 Å². The van der Waals surface area contributed by atoms with Crippen LogP contribution in [0.15, 0.2) is 54.6 Å². The van der Waals surface area contributed by atoms with Crippen molar-refractivity contribution in [2.24, 2.45) is 0 Å². The Morgan fingerprint density at radius 2 is 1.97 bits per heavy atom. The van der Waals surface area contributed by atoms with E-state index in [1.54, 1.807) is 19.1 Å². The maximum Gasteiger partial charge on any atom is 0.237 e. The van der Waals surface area contributed by atoms with Crippen LogP contribution in [0.25, 0.3) is 6.08 Å². The Balaban J connectivity index is 1.61. The molecule has 1 saturated heterocycles. The number of para-hydroxylation sites is 1. The third-order valence-electron chi connectivity index (χ3n) is 5.55. The fourth-order valence-corrected chi connectivity index (χ4v) is 3.70. The first kappa shape index (κ1) is 22.6. The predicted molar refractivity (Wildman–Crippen MR) is 123 cm³/mol. The number of piperazine rings is 1. The summed E-state index contributed by atoms with van der Waals surface area (Å²) in [7, 11) is 3.44. The van der Waals surface area contributed by atoms with Gasteiger partial charge in [-0.25, -0.2) is 0 Å². The smallest absolute Gasteiger partial charge is 0.237 e. The molecule has 6 heteroatoms. The van der Waals surface area contributed by atoms with Crippen molar-refractivity contribution in [2.45, 2.75) is 25.9 Å². The van der Waals surface area contributed by atoms with Gasteiger partial charge in [0.1, 0.15) is 5.75 Å². The van der Waals surface area contributed by atoms with E-state index in [1.807, 2.05) is 67.6 Å². The fraction of sp³-hybridized carbons (Fsp3) is 0.360. The highest BCUT2D eigenvalue weighted by atomic mass is 16.5. The first-order chi connectivity index (χ1) is 15.0. The number of methoxy groups -OCH3 is 1. The number of ether oxygens (including phenoxy) is 1. The van der Waals surface area contributed by atoms with E-state index in [-0.39, 0.29) is 18.2 Å². The van der Waals surface area contributed by atoms with Crippen LogP contribution in [0.4, 0.5) is 0 Å². The maximum absolute atomic E-state index is 12.8. The molecule has 0 bridgehead atoms. The lowest BCUT2D eigenvalue weighted by Crippen LogP contribution is -2.56. The van der Waals surface area contributed by atoms with E-state index < -0.39 is 6.04 Å². The normalized spacial score (nSPS) is 16.9. The summed E-state index contributed by atoms with van der Waals surface area (Å²) in [6, 6.07) is 15.5. The lowest BCUT2D eigenvalue weighted by Gasteiger charge is -2.34. The molecule has 1 N–H and O–H groups in total. The third kappa shape index (κ3) is 6.18. The maximum atomic E-state index is 12.8. The molecule has 1 heterocycles. The molecule has 1 atom stereocenters. The molecule has 0 aromatic heterocycles. The molecule has 0 spiro atoms. The van der Waals surface area contributed by atoms with Crippen LogP contribution in [-0.4, -0.2) is 61.4 Å². The zero-order valence-corrected chi connectivity index (χ0v) is 18.5. The second kappa shape index (κ2) is 10.8. The second-order valence-corrected chi connectivity index (χ2v) is 7.89. The minimum atomic E-state index is -0.468. The topological polar surface area (TPSA) is 61.9 Å². The van der Waals surface area contributed by atoms with Crippen molar-refractivity contribution in [2.75, 3.05) is 33.8 Å². The summed E-state index contributed by atoms with van der Waals surface area (Å²) in [4.78, 5) is 29.1. The average Bonchev–Trinajstić information content (AvgIpc) is 2.77.